The van der Waals surface area contributed by atoms with Crippen molar-refractivity contribution >= 4 is 0 Å². The van der Waals surface area contributed by atoms with E-state index in [0.717, 1.165) is 64.3 Å². The Kier molecular flexibility index (Phi) is 5.12. The molecule has 116 valence electrons. The Morgan fingerprint density at radius 1 is 1.29 bits per heavy atom. The fourth-order valence-electron chi connectivity index (χ4n) is 3.15. The molecule has 1 fully saturated rings. The molecular weight excluding hydrogens is 264 g/mol. The molecule has 1 aromatic carbocycles. The zero-order valence-electron chi connectivity index (χ0n) is 12.7. The number of hydrogen-bond acceptors (Lipinski definition) is 4. The Bertz CT molecular complexity index is 456. The van der Waals surface area contributed by atoms with Gasteiger partial charge >= 0.3 is 0 Å². The molecule has 0 bridgehead atoms. The largest absolute Gasteiger partial charge is 0.493 e. The third-order valence-electron chi connectivity index (χ3n) is 4.47. The highest BCUT2D eigenvalue weighted by atomic mass is 16.5. The van der Waals surface area contributed by atoms with Crippen LogP contribution in [0.1, 0.15) is 30.4 Å². The van der Waals surface area contributed by atoms with E-state index in [1.54, 1.807) is 0 Å². The molecule has 0 saturated carbocycles. The summed E-state index contributed by atoms with van der Waals surface area (Å²) in [6.07, 6.45) is 4.02. The molecule has 0 unspecified atom stereocenters. The van der Waals surface area contributed by atoms with Gasteiger partial charge in [0, 0.05) is 26.1 Å². The van der Waals surface area contributed by atoms with Gasteiger partial charge in [-0.05, 0) is 49.5 Å². The molecule has 2 N–H and O–H groups in total. The van der Waals surface area contributed by atoms with E-state index < -0.39 is 0 Å². The molecule has 0 spiro atoms. The van der Waals surface area contributed by atoms with Crippen molar-refractivity contribution in [1.82, 2.24) is 10.2 Å². The monoisotopic (exact) mass is 290 g/mol. The van der Waals surface area contributed by atoms with Crippen LogP contribution in [0, 0.1) is 0 Å². The summed E-state index contributed by atoms with van der Waals surface area (Å²) in [5.74, 6) is 1.06. The molecule has 2 aliphatic heterocycles. The lowest BCUT2D eigenvalue weighted by atomic mass is 10.1. The molecule has 0 aliphatic carbocycles. The minimum atomic E-state index is -0.0665. The first-order chi connectivity index (χ1) is 10.3. The fourth-order valence-corrected chi connectivity index (χ4v) is 3.15. The van der Waals surface area contributed by atoms with Crippen molar-refractivity contribution < 1.29 is 9.84 Å². The van der Waals surface area contributed by atoms with E-state index >= 15 is 0 Å². The molecule has 4 nitrogen and oxygen atoms in total. The number of nitrogens with one attached hydrogen (secondary N) is 1. The first-order valence-corrected chi connectivity index (χ1v) is 8.17. The predicted octanol–water partition coefficient (Wildman–Crippen LogP) is 1.56. The second-order valence-electron chi connectivity index (χ2n) is 6.14. The third-order valence-corrected chi connectivity index (χ3v) is 4.47. The highest BCUT2D eigenvalue weighted by Gasteiger charge is 2.16. The van der Waals surface area contributed by atoms with Crippen molar-refractivity contribution in [2.24, 2.45) is 0 Å². The van der Waals surface area contributed by atoms with Crippen LogP contribution >= 0.6 is 0 Å². The summed E-state index contributed by atoms with van der Waals surface area (Å²) in [6.45, 7) is 6.05. The van der Waals surface area contributed by atoms with Crippen LogP contribution in [0.25, 0.3) is 0 Å². The lowest BCUT2D eigenvalue weighted by Crippen LogP contribution is -2.37. The second-order valence-corrected chi connectivity index (χ2v) is 6.14. The second kappa shape index (κ2) is 7.25. The Labute approximate surface area is 127 Å². The molecule has 0 amide bonds. The number of ether oxygens (including phenoxy) is 1. The molecule has 1 aromatic rings. The van der Waals surface area contributed by atoms with Crippen LogP contribution in [0.15, 0.2) is 18.2 Å². The number of likely N-dealkylation sites (tertiary alicyclic amines) is 1. The van der Waals surface area contributed by atoms with Crippen LogP contribution in [0.5, 0.6) is 5.75 Å². The van der Waals surface area contributed by atoms with Crippen LogP contribution in [0.4, 0.5) is 0 Å². The van der Waals surface area contributed by atoms with Gasteiger partial charge in [-0.15, -0.1) is 0 Å². The Hall–Kier alpha value is -1.10. The van der Waals surface area contributed by atoms with Crippen molar-refractivity contribution in [3.63, 3.8) is 0 Å². The zero-order valence-corrected chi connectivity index (χ0v) is 12.7. The van der Waals surface area contributed by atoms with Crippen LogP contribution in [-0.2, 0) is 13.0 Å². The molecule has 0 aromatic heterocycles. The summed E-state index contributed by atoms with van der Waals surface area (Å²) in [7, 11) is 0. The van der Waals surface area contributed by atoms with E-state index in [1.165, 1.54) is 17.5 Å². The van der Waals surface area contributed by atoms with Gasteiger partial charge in [0.2, 0.25) is 0 Å². The van der Waals surface area contributed by atoms with Crippen LogP contribution in [0.3, 0.4) is 0 Å². The maximum Gasteiger partial charge on any atom is 0.122 e. The number of aliphatic hydroxyl groups excluding tert-OH is 1. The van der Waals surface area contributed by atoms with Gasteiger partial charge < -0.3 is 20.1 Å². The van der Waals surface area contributed by atoms with Crippen LogP contribution in [0.2, 0.25) is 0 Å². The normalized spacial score (nSPS) is 19.5. The van der Waals surface area contributed by atoms with Crippen molar-refractivity contribution in [2.75, 3.05) is 32.8 Å². The summed E-state index contributed by atoms with van der Waals surface area (Å²) < 4.78 is 5.53. The van der Waals surface area contributed by atoms with E-state index in [2.05, 4.69) is 28.4 Å². The van der Waals surface area contributed by atoms with Crippen molar-refractivity contribution in [1.29, 1.82) is 0 Å². The lowest BCUT2D eigenvalue weighted by Gasteiger charge is -2.29. The summed E-state index contributed by atoms with van der Waals surface area (Å²) >= 11 is 0. The maximum absolute atomic E-state index is 9.48. The van der Waals surface area contributed by atoms with Gasteiger partial charge in [0.05, 0.1) is 12.7 Å². The minimum absolute atomic E-state index is 0.0665. The molecule has 2 aliphatic rings. The van der Waals surface area contributed by atoms with Crippen LogP contribution in [-0.4, -0.2) is 48.9 Å². The number of benzene rings is 1. The maximum atomic E-state index is 9.48. The quantitative estimate of drug-likeness (QED) is 0.781. The standard InChI is InChI=1S/C17H26N2O2/c20-16-4-9-19(10-5-16)8-1-7-18-13-14-2-3-17-15(12-14)6-11-21-17/h2-3,12,16,18,20H,1,4-11,13H2. The van der Waals surface area contributed by atoms with E-state index in [0.29, 0.717) is 0 Å². The topological polar surface area (TPSA) is 44.7 Å². The van der Waals surface area contributed by atoms with Crippen molar-refractivity contribution in [3.8, 4) is 5.75 Å². The molecular formula is C17H26N2O2. The number of rotatable bonds is 6. The van der Waals surface area contributed by atoms with Gasteiger partial charge in [0.25, 0.3) is 0 Å². The molecule has 0 atom stereocenters. The average Bonchev–Trinajstić information content (AvgIpc) is 2.96. The van der Waals surface area contributed by atoms with E-state index in [4.69, 9.17) is 4.74 Å². The average molecular weight is 290 g/mol. The Morgan fingerprint density at radius 3 is 3.00 bits per heavy atom. The Morgan fingerprint density at radius 2 is 2.14 bits per heavy atom. The SMILES string of the molecule is OC1CCN(CCCNCc2ccc3c(c2)CCO3)CC1. The van der Waals surface area contributed by atoms with Gasteiger partial charge in [-0.2, -0.15) is 0 Å². The van der Waals surface area contributed by atoms with Gasteiger partial charge in [-0.1, -0.05) is 12.1 Å². The summed E-state index contributed by atoms with van der Waals surface area (Å²) in [5, 5.41) is 13.0. The van der Waals surface area contributed by atoms with Crippen LogP contribution < -0.4 is 10.1 Å². The van der Waals surface area contributed by atoms with E-state index in [1.807, 2.05) is 0 Å². The van der Waals surface area contributed by atoms with E-state index in [9.17, 15) is 5.11 Å². The third kappa shape index (κ3) is 4.19. The number of nitrogens with zero attached hydrogens (tertiary/aromatic N) is 1. The molecule has 21 heavy (non-hydrogen) atoms. The van der Waals surface area contributed by atoms with E-state index in [-0.39, 0.29) is 6.10 Å². The predicted molar refractivity (Wildman–Crippen MR) is 83.6 cm³/mol. The fraction of sp³-hybridized carbons (Fsp3) is 0.647. The molecule has 0 radical (unpaired) electrons. The number of fused-ring (bicyclic) bond motifs is 1. The molecule has 1 saturated heterocycles. The van der Waals surface area contributed by atoms with Gasteiger partial charge in [-0.3, -0.25) is 0 Å². The molecule has 3 rings (SSSR count). The van der Waals surface area contributed by atoms with Crippen molar-refractivity contribution in [3.05, 3.63) is 29.3 Å². The summed E-state index contributed by atoms with van der Waals surface area (Å²) in [6, 6.07) is 6.52. The van der Waals surface area contributed by atoms with Crippen molar-refractivity contribution in [2.45, 2.75) is 38.3 Å². The number of piperidine rings is 1. The highest BCUT2D eigenvalue weighted by Crippen LogP contribution is 2.25. The molecule has 4 heteroatoms. The lowest BCUT2D eigenvalue weighted by molar-refractivity contribution is 0.0821. The number of hydrogen-bond donors (Lipinski definition) is 2. The zero-order chi connectivity index (χ0) is 14.5. The Balaban J connectivity index is 1.31. The summed E-state index contributed by atoms with van der Waals surface area (Å²) in [4.78, 5) is 2.46. The summed E-state index contributed by atoms with van der Waals surface area (Å²) in [5.41, 5.74) is 2.70. The highest BCUT2D eigenvalue weighted by molar-refractivity contribution is 5.39. The van der Waals surface area contributed by atoms with Gasteiger partial charge in [0.1, 0.15) is 5.75 Å². The first kappa shape index (κ1) is 14.8. The number of aliphatic hydroxyl groups is 1. The van der Waals surface area contributed by atoms with Gasteiger partial charge in [0.15, 0.2) is 0 Å². The minimum Gasteiger partial charge on any atom is -0.493 e. The van der Waals surface area contributed by atoms with Gasteiger partial charge in [-0.25, -0.2) is 0 Å². The smallest absolute Gasteiger partial charge is 0.122 e. The first-order valence-electron chi connectivity index (χ1n) is 8.17. The molecule has 2 heterocycles.